The van der Waals surface area contributed by atoms with Crippen molar-refractivity contribution in [2.24, 2.45) is 5.92 Å². The molecule has 0 aromatic rings. The topological polar surface area (TPSA) is 18.5 Å². The van der Waals surface area contributed by atoms with Gasteiger partial charge in [0.2, 0.25) is 0 Å². The van der Waals surface area contributed by atoms with Crippen LogP contribution in [0.25, 0.3) is 0 Å². The van der Waals surface area contributed by atoms with Crippen LogP contribution in [0, 0.1) is 5.92 Å². The third kappa shape index (κ3) is 4.97. The predicted octanol–water partition coefficient (Wildman–Crippen LogP) is 3.36. The molecule has 84 valence electrons. The summed E-state index contributed by atoms with van der Waals surface area (Å²) in [6.07, 6.45) is 7.94. The molecule has 0 aliphatic carbocycles. The molecule has 1 unspecified atom stereocenters. The summed E-state index contributed by atoms with van der Waals surface area (Å²) in [5.74, 6) is 0.745. The Morgan fingerprint density at radius 1 is 1.14 bits per heavy atom. The van der Waals surface area contributed by atoms with Crippen molar-refractivity contribution in [1.82, 2.24) is 0 Å². The molecule has 0 bridgehead atoms. The SMILES string of the molecule is CCCCCCC(C)CC1OCCO1. The van der Waals surface area contributed by atoms with E-state index in [1.165, 1.54) is 32.1 Å². The second-order valence-corrected chi connectivity index (χ2v) is 4.36. The van der Waals surface area contributed by atoms with Gasteiger partial charge in [-0.2, -0.15) is 0 Å². The molecule has 0 radical (unpaired) electrons. The molecule has 0 amide bonds. The van der Waals surface area contributed by atoms with Crippen molar-refractivity contribution in [3.63, 3.8) is 0 Å². The van der Waals surface area contributed by atoms with E-state index in [1.54, 1.807) is 0 Å². The van der Waals surface area contributed by atoms with E-state index in [0.717, 1.165) is 25.6 Å². The summed E-state index contributed by atoms with van der Waals surface area (Å²) in [4.78, 5) is 0. The van der Waals surface area contributed by atoms with Gasteiger partial charge in [0.1, 0.15) is 0 Å². The second kappa shape index (κ2) is 7.24. The number of rotatable bonds is 7. The van der Waals surface area contributed by atoms with Crippen LogP contribution >= 0.6 is 0 Å². The minimum Gasteiger partial charge on any atom is -0.350 e. The first kappa shape index (κ1) is 12.0. The van der Waals surface area contributed by atoms with Crippen LogP contribution in [-0.2, 0) is 9.47 Å². The standard InChI is InChI=1S/C12H24O2/c1-3-4-5-6-7-11(2)10-12-13-8-9-14-12/h11-12H,3-10H2,1-2H3. The lowest BCUT2D eigenvalue weighted by Crippen LogP contribution is -2.12. The van der Waals surface area contributed by atoms with Gasteiger partial charge in [-0.1, -0.05) is 46.0 Å². The Balaban J connectivity index is 1.95. The highest BCUT2D eigenvalue weighted by molar-refractivity contribution is 4.59. The minimum atomic E-state index is 0.0937. The normalized spacial score (nSPS) is 20.1. The maximum atomic E-state index is 5.43. The molecule has 0 aromatic heterocycles. The highest BCUT2D eigenvalue weighted by atomic mass is 16.7. The first-order chi connectivity index (χ1) is 6.83. The van der Waals surface area contributed by atoms with Gasteiger partial charge in [0.25, 0.3) is 0 Å². The lowest BCUT2D eigenvalue weighted by atomic mass is 9.99. The van der Waals surface area contributed by atoms with E-state index in [9.17, 15) is 0 Å². The molecule has 1 saturated heterocycles. The number of hydrogen-bond acceptors (Lipinski definition) is 2. The van der Waals surface area contributed by atoms with E-state index in [1.807, 2.05) is 0 Å². The van der Waals surface area contributed by atoms with Gasteiger partial charge in [0.05, 0.1) is 13.2 Å². The summed E-state index contributed by atoms with van der Waals surface area (Å²) in [6.45, 7) is 6.13. The molecule has 1 atom stereocenters. The Hall–Kier alpha value is -0.0800. The van der Waals surface area contributed by atoms with Crippen LogP contribution in [0.2, 0.25) is 0 Å². The summed E-state index contributed by atoms with van der Waals surface area (Å²) in [5, 5.41) is 0. The van der Waals surface area contributed by atoms with Crippen molar-refractivity contribution in [3.8, 4) is 0 Å². The quantitative estimate of drug-likeness (QED) is 0.587. The molecule has 0 N–H and O–H groups in total. The van der Waals surface area contributed by atoms with Gasteiger partial charge in [0.15, 0.2) is 6.29 Å². The molecular weight excluding hydrogens is 176 g/mol. The van der Waals surface area contributed by atoms with Crippen LogP contribution in [0.3, 0.4) is 0 Å². The summed E-state index contributed by atoms with van der Waals surface area (Å²) in [5.41, 5.74) is 0. The zero-order valence-corrected chi connectivity index (χ0v) is 9.63. The van der Waals surface area contributed by atoms with Crippen molar-refractivity contribution in [2.75, 3.05) is 13.2 Å². The van der Waals surface area contributed by atoms with Gasteiger partial charge >= 0.3 is 0 Å². The monoisotopic (exact) mass is 200 g/mol. The van der Waals surface area contributed by atoms with Crippen molar-refractivity contribution >= 4 is 0 Å². The van der Waals surface area contributed by atoms with E-state index >= 15 is 0 Å². The third-order valence-corrected chi connectivity index (χ3v) is 2.84. The number of unbranched alkanes of at least 4 members (excludes halogenated alkanes) is 3. The fourth-order valence-electron chi connectivity index (χ4n) is 1.91. The van der Waals surface area contributed by atoms with E-state index in [4.69, 9.17) is 9.47 Å². The van der Waals surface area contributed by atoms with Gasteiger partial charge in [-0.15, -0.1) is 0 Å². The van der Waals surface area contributed by atoms with Gasteiger partial charge < -0.3 is 9.47 Å². The van der Waals surface area contributed by atoms with Crippen LogP contribution in [0.5, 0.6) is 0 Å². The molecule has 1 aliphatic rings. The number of ether oxygens (including phenoxy) is 2. The van der Waals surface area contributed by atoms with E-state index in [0.29, 0.717) is 0 Å². The molecular formula is C12H24O2. The van der Waals surface area contributed by atoms with Crippen LogP contribution < -0.4 is 0 Å². The Labute approximate surface area is 88.0 Å². The molecule has 2 heteroatoms. The maximum Gasteiger partial charge on any atom is 0.158 e. The van der Waals surface area contributed by atoms with Crippen molar-refractivity contribution in [3.05, 3.63) is 0 Å². The first-order valence-corrected chi connectivity index (χ1v) is 6.06. The Kier molecular flexibility index (Phi) is 6.20. The molecule has 1 rings (SSSR count). The van der Waals surface area contributed by atoms with Crippen molar-refractivity contribution in [2.45, 2.75) is 58.7 Å². The zero-order valence-electron chi connectivity index (χ0n) is 9.63. The summed E-state index contributed by atoms with van der Waals surface area (Å²) in [7, 11) is 0. The van der Waals surface area contributed by atoms with Gasteiger partial charge in [-0.05, 0) is 5.92 Å². The Morgan fingerprint density at radius 2 is 1.86 bits per heavy atom. The zero-order chi connectivity index (χ0) is 10.2. The molecule has 0 spiro atoms. The molecule has 0 aromatic carbocycles. The largest absolute Gasteiger partial charge is 0.350 e. The summed E-state index contributed by atoms with van der Waals surface area (Å²) >= 11 is 0. The van der Waals surface area contributed by atoms with Crippen molar-refractivity contribution < 1.29 is 9.47 Å². The minimum absolute atomic E-state index is 0.0937. The lowest BCUT2D eigenvalue weighted by molar-refractivity contribution is -0.0562. The fourth-order valence-corrected chi connectivity index (χ4v) is 1.91. The van der Waals surface area contributed by atoms with E-state index in [-0.39, 0.29) is 6.29 Å². The van der Waals surface area contributed by atoms with Crippen molar-refractivity contribution in [1.29, 1.82) is 0 Å². The van der Waals surface area contributed by atoms with Gasteiger partial charge in [-0.25, -0.2) is 0 Å². The molecule has 1 aliphatic heterocycles. The third-order valence-electron chi connectivity index (χ3n) is 2.84. The van der Waals surface area contributed by atoms with E-state index in [2.05, 4.69) is 13.8 Å². The summed E-state index contributed by atoms with van der Waals surface area (Å²) < 4.78 is 10.9. The first-order valence-electron chi connectivity index (χ1n) is 6.06. The highest BCUT2D eigenvalue weighted by Crippen LogP contribution is 2.19. The second-order valence-electron chi connectivity index (χ2n) is 4.36. The van der Waals surface area contributed by atoms with E-state index < -0.39 is 0 Å². The lowest BCUT2D eigenvalue weighted by Gasteiger charge is -2.15. The molecule has 1 fully saturated rings. The number of hydrogen-bond donors (Lipinski definition) is 0. The fraction of sp³-hybridized carbons (Fsp3) is 1.00. The van der Waals surface area contributed by atoms with Gasteiger partial charge in [0, 0.05) is 6.42 Å². The Morgan fingerprint density at radius 3 is 2.50 bits per heavy atom. The van der Waals surface area contributed by atoms with Crippen LogP contribution in [0.4, 0.5) is 0 Å². The molecule has 2 nitrogen and oxygen atoms in total. The van der Waals surface area contributed by atoms with Gasteiger partial charge in [-0.3, -0.25) is 0 Å². The average molecular weight is 200 g/mol. The predicted molar refractivity (Wildman–Crippen MR) is 58.2 cm³/mol. The molecule has 1 heterocycles. The maximum absolute atomic E-state index is 5.43. The smallest absolute Gasteiger partial charge is 0.158 e. The van der Waals surface area contributed by atoms with Crippen LogP contribution in [-0.4, -0.2) is 19.5 Å². The van der Waals surface area contributed by atoms with Crippen LogP contribution in [0.1, 0.15) is 52.4 Å². The molecule has 14 heavy (non-hydrogen) atoms. The summed E-state index contributed by atoms with van der Waals surface area (Å²) in [6, 6.07) is 0. The van der Waals surface area contributed by atoms with Crippen LogP contribution in [0.15, 0.2) is 0 Å². The molecule has 0 saturated carbocycles. The Bertz CT molecular complexity index is 130. The highest BCUT2D eigenvalue weighted by Gasteiger charge is 2.18. The average Bonchev–Trinajstić information content (AvgIpc) is 2.65.